The number of halogens is 1. The lowest BCUT2D eigenvalue weighted by Gasteiger charge is -2.09. The van der Waals surface area contributed by atoms with Crippen LogP contribution in [-0.2, 0) is 0 Å². The highest BCUT2D eigenvalue weighted by Gasteiger charge is 2.15. The van der Waals surface area contributed by atoms with Gasteiger partial charge in [-0.3, -0.25) is 0 Å². The van der Waals surface area contributed by atoms with Crippen LogP contribution < -0.4 is 17.3 Å². The molecule has 0 amide bonds. The molecule has 0 aliphatic rings. The van der Waals surface area contributed by atoms with Gasteiger partial charge in [0.15, 0.2) is 5.76 Å². The molecule has 5 heteroatoms. The summed E-state index contributed by atoms with van der Waals surface area (Å²) in [6.07, 6.45) is 0.0935. The van der Waals surface area contributed by atoms with Gasteiger partial charge in [0.05, 0.1) is 20.6 Å². The Labute approximate surface area is 119 Å². The van der Waals surface area contributed by atoms with Crippen molar-refractivity contribution in [1.82, 2.24) is 5.16 Å². The Balaban J connectivity index is 0.00000180. The van der Waals surface area contributed by atoms with E-state index >= 15 is 0 Å². The molecule has 0 aliphatic heterocycles. The molecular formula is C14H19ClN2O2. The monoisotopic (exact) mass is 282 g/mol. The summed E-state index contributed by atoms with van der Waals surface area (Å²) in [6.45, 7) is 0.891. The average Bonchev–Trinajstić information content (AvgIpc) is 2.86. The molecule has 0 radical (unpaired) electrons. The lowest BCUT2D eigenvalue weighted by atomic mass is 10.1. The van der Waals surface area contributed by atoms with Crippen molar-refractivity contribution >= 4 is 0 Å². The molecule has 4 nitrogen and oxygen atoms in total. The van der Waals surface area contributed by atoms with Crippen LogP contribution in [0, 0.1) is 0 Å². The molecule has 1 unspecified atom stereocenters. The standard InChI is InChI=1S/C14H18N2O2.ClH/c1-16(2)9-8-13(17)14-10-12(15-18-14)11-6-4-3-5-7-11;/h3-7,10,13,17H,8-9H2,1-2H3;1H. The molecule has 104 valence electrons. The van der Waals surface area contributed by atoms with E-state index in [9.17, 15) is 5.11 Å². The van der Waals surface area contributed by atoms with Gasteiger partial charge < -0.3 is 26.9 Å². The fourth-order valence-electron chi connectivity index (χ4n) is 1.76. The molecule has 2 rings (SSSR count). The number of hydrogen-bond donors (Lipinski definition) is 2. The second-order valence-electron chi connectivity index (χ2n) is 4.74. The van der Waals surface area contributed by atoms with Gasteiger partial charge in [-0.15, -0.1) is 0 Å². The molecule has 2 N–H and O–H groups in total. The van der Waals surface area contributed by atoms with Crippen LogP contribution in [0.3, 0.4) is 0 Å². The first-order valence-electron chi connectivity index (χ1n) is 6.16. The Morgan fingerprint density at radius 2 is 1.95 bits per heavy atom. The van der Waals surface area contributed by atoms with E-state index in [0.29, 0.717) is 12.2 Å². The number of aliphatic hydroxyl groups excluding tert-OH is 1. The van der Waals surface area contributed by atoms with Gasteiger partial charge in [-0.2, -0.15) is 0 Å². The van der Waals surface area contributed by atoms with E-state index in [0.717, 1.165) is 17.8 Å². The molecule has 0 spiro atoms. The summed E-state index contributed by atoms with van der Waals surface area (Å²) in [7, 11) is 4.12. The Hall–Kier alpha value is -1.36. The normalized spacial score (nSPS) is 12.2. The highest BCUT2D eigenvalue weighted by molar-refractivity contribution is 5.58. The Morgan fingerprint density at radius 1 is 1.26 bits per heavy atom. The molecule has 0 saturated carbocycles. The molecule has 1 heterocycles. The molecule has 2 aromatic rings. The third-order valence-electron chi connectivity index (χ3n) is 2.84. The van der Waals surface area contributed by atoms with Crippen LogP contribution in [0.15, 0.2) is 40.9 Å². The van der Waals surface area contributed by atoms with Crippen LogP contribution in [0.5, 0.6) is 0 Å². The van der Waals surface area contributed by atoms with Gasteiger partial charge in [-0.25, -0.2) is 0 Å². The summed E-state index contributed by atoms with van der Waals surface area (Å²) in [5, 5.41) is 14.0. The Kier molecular flexibility index (Phi) is 6.02. The number of hydrogen-bond acceptors (Lipinski definition) is 3. The molecule has 1 aromatic heterocycles. The van der Waals surface area contributed by atoms with E-state index in [2.05, 4.69) is 19.3 Å². The third-order valence-corrected chi connectivity index (χ3v) is 2.84. The van der Waals surface area contributed by atoms with Crippen molar-refractivity contribution in [2.75, 3.05) is 20.6 Å². The third kappa shape index (κ3) is 4.35. The minimum atomic E-state index is -0.579. The number of nitrogens with zero attached hydrogens (tertiary/aromatic N) is 1. The van der Waals surface area contributed by atoms with Crippen LogP contribution in [0.2, 0.25) is 0 Å². The summed E-state index contributed by atoms with van der Waals surface area (Å²) in [5.74, 6) is 0.537. The zero-order valence-electron chi connectivity index (χ0n) is 11.1. The molecular weight excluding hydrogens is 264 g/mol. The quantitative estimate of drug-likeness (QED) is 0.662. The van der Waals surface area contributed by atoms with Crippen molar-refractivity contribution in [2.45, 2.75) is 12.5 Å². The minimum Gasteiger partial charge on any atom is -1.00 e. The van der Waals surface area contributed by atoms with Crippen LogP contribution >= 0.6 is 0 Å². The van der Waals surface area contributed by atoms with Crippen molar-refractivity contribution in [3.63, 3.8) is 0 Å². The summed E-state index contributed by atoms with van der Waals surface area (Å²) in [6, 6.07) is 11.6. The zero-order valence-corrected chi connectivity index (χ0v) is 11.9. The van der Waals surface area contributed by atoms with Gasteiger partial charge in [0.2, 0.25) is 0 Å². The van der Waals surface area contributed by atoms with E-state index in [1.807, 2.05) is 36.4 Å². The Bertz CT molecular complexity index is 485. The van der Waals surface area contributed by atoms with E-state index < -0.39 is 6.10 Å². The maximum atomic E-state index is 9.98. The second-order valence-corrected chi connectivity index (χ2v) is 4.74. The van der Waals surface area contributed by atoms with Crippen LogP contribution in [0.4, 0.5) is 0 Å². The van der Waals surface area contributed by atoms with Crippen molar-refractivity contribution < 1.29 is 26.9 Å². The highest BCUT2D eigenvalue weighted by Crippen LogP contribution is 2.23. The van der Waals surface area contributed by atoms with Crippen molar-refractivity contribution in [3.8, 4) is 11.3 Å². The largest absolute Gasteiger partial charge is 1.00 e. The summed E-state index contributed by atoms with van der Waals surface area (Å²) < 4.78 is 5.20. The molecule has 0 bridgehead atoms. The lowest BCUT2D eigenvalue weighted by Crippen LogP contribution is -3.05. The zero-order chi connectivity index (χ0) is 13.0. The SMILES string of the molecule is C[NH+](C)CCC(O)c1cc(-c2ccccc2)no1.[Cl-]. The average molecular weight is 283 g/mol. The van der Waals surface area contributed by atoms with Crippen molar-refractivity contribution in [3.05, 3.63) is 42.2 Å². The number of aliphatic hydroxyl groups is 1. The predicted octanol–water partition coefficient (Wildman–Crippen LogP) is -2.09. The number of quaternary nitrogens is 1. The molecule has 19 heavy (non-hydrogen) atoms. The summed E-state index contributed by atoms with van der Waals surface area (Å²) in [5.41, 5.74) is 1.76. The maximum Gasteiger partial charge on any atom is 0.166 e. The van der Waals surface area contributed by atoms with Gasteiger partial charge in [-0.05, 0) is 0 Å². The van der Waals surface area contributed by atoms with Crippen LogP contribution in [0.25, 0.3) is 11.3 Å². The summed E-state index contributed by atoms with van der Waals surface area (Å²) >= 11 is 0. The smallest absolute Gasteiger partial charge is 0.166 e. The molecule has 1 atom stereocenters. The number of aromatic nitrogens is 1. The molecule has 1 aromatic carbocycles. The summed E-state index contributed by atoms with van der Waals surface area (Å²) in [4.78, 5) is 1.30. The first-order valence-corrected chi connectivity index (χ1v) is 6.16. The van der Waals surface area contributed by atoms with E-state index in [-0.39, 0.29) is 12.4 Å². The van der Waals surface area contributed by atoms with Crippen molar-refractivity contribution in [1.29, 1.82) is 0 Å². The number of rotatable bonds is 5. The minimum absolute atomic E-state index is 0. The van der Waals surface area contributed by atoms with E-state index in [1.54, 1.807) is 0 Å². The Morgan fingerprint density at radius 3 is 2.58 bits per heavy atom. The lowest BCUT2D eigenvalue weighted by molar-refractivity contribution is -0.859. The van der Waals surface area contributed by atoms with Crippen molar-refractivity contribution in [2.24, 2.45) is 0 Å². The van der Waals surface area contributed by atoms with E-state index in [4.69, 9.17) is 4.52 Å². The fraction of sp³-hybridized carbons (Fsp3) is 0.357. The van der Waals surface area contributed by atoms with Gasteiger partial charge in [0.1, 0.15) is 11.8 Å². The maximum absolute atomic E-state index is 9.98. The van der Waals surface area contributed by atoms with Gasteiger partial charge in [-0.1, -0.05) is 35.5 Å². The first kappa shape index (κ1) is 15.7. The first-order chi connectivity index (χ1) is 8.66. The molecule has 0 fully saturated rings. The predicted molar refractivity (Wildman–Crippen MR) is 69.2 cm³/mol. The number of nitrogens with one attached hydrogen (secondary N) is 1. The highest BCUT2D eigenvalue weighted by atomic mass is 35.5. The molecule has 0 aliphatic carbocycles. The number of benzene rings is 1. The second kappa shape index (κ2) is 7.28. The van der Waals surface area contributed by atoms with Gasteiger partial charge in [0, 0.05) is 18.1 Å². The van der Waals surface area contributed by atoms with Crippen LogP contribution in [0.1, 0.15) is 18.3 Å². The van der Waals surface area contributed by atoms with Gasteiger partial charge >= 0.3 is 0 Å². The van der Waals surface area contributed by atoms with E-state index in [1.165, 1.54) is 4.90 Å². The fourth-order valence-corrected chi connectivity index (χ4v) is 1.76. The topological polar surface area (TPSA) is 50.7 Å². The van der Waals surface area contributed by atoms with Gasteiger partial charge in [0.25, 0.3) is 0 Å². The van der Waals surface area contributed by atoms with Crippen LogP contribution in [-0.4, -0.2) is 30.9 Å². The molecule has 0 saturated heterocycles.